The second-order valence-corrected chi connectivity index (χ2v) is 9.08. The summed E-state index contributed by atoms with van der Waals surface area (Å²) in [6.45, 7) is 0. The average Bonchev–Trinajstić information content (AvgIpc) is 3.10. The number of nitrogen functional groups attached to an aromatic ring is 1. The lowest BCUT2D eigenvalue weighted by Crippen LogP contribution is -2.30. The molecule has 0 atom stereocenters. The first-order valence-corrected chi connectivity index (χ1v) is 11.2. The van der Waals surface area contributed by atoms with Gasteiger partial charge in [0.25, 0.3) is 5.69 Å². The quantitative estimate of drug-likeness (QED) is 0.236. The highest BCUT2D eigenvalue weighted by Crippen LogP contribution is 2.40. The van der Waals surface area contributed by atoms with E-state index in [-0.39, 0.29) is 5.78 Å². The molecule has 3 nitrogen and oxygen atoms in total. The standard InChI is InChI=1S/C23H17ClN2OS2/c24-18-11-9-16(10-12-18)15-28-23-20(26-13-5-2-6-14-26)19(25)22(29-23)21(27)17-7-3-1-4-8-17/h1-14H,15H2,(H-,25,27)/p+1. The van der Waals surface area contributed by atoms with Crippen LogP contribution in [0, 0.1) is 0 Å². The van der Waals surface area contributed by atoms with Crippen LogP contribution < -0.4 is 10.3 Å². The van der Waals surface area contributed by atoms with Gasteiger partial charge in [0.05, 0.1) is 0 Å². The fourth-order valence-electron chi connectivity index (χ4n) is 2.92. The monoisotopic (exact) mass is 437 g/mol. The fourth-order valence-corrected chi connectivity index (χ4v) is 5.47. The summed E-state index contributed by atoms with van der Waals surface area (Å²) in [7, 11) is 0. The normalized spacial score (nSPS) is 10.8. The maximum absolute atomic E-state index is 13.1. The van der Waals surface area contributed by atoms with Crippen LogP contribution in [-0.2, 0) is 5.75 Å². The van der Waals surface area contributed by atoms with Crippen LogP contribution in [-0.4, -0.2) is 5.78 Å². The number of hydrogen-bond donors (Lipinski definition) is 1. The molecule has 0 saturated carbocycles. The molecule has 0 saturated heterocycles. The molecule has 4 aromatic rings. The molecule has 6 heteroatoms. The Kier molecular flexibility index (Phi) is 6.00. The SMILES string of the molecule is Nc1c(C(=O)c2ccccc2)sc(SCc2ccc(Cl)cc2)c1-[n+]1ccccc1. The molecule has 2 aromatic heterocycles. The van der Waals surface area contributed by atoms with E-state index in [2.05, 4.69) is 0 Å². The number of carbonyl (C=O) groups excluding carboxylic acids is 1. The van der Waals surface area contributed by atoms with E-state index in [1.807, 2.05) is 89.8 Å². The largest absolute Gasteiger partial charge is 0.392 e. The van der Waals surface area contributed by atoms with Gasteiger partial charge in [-0.1, -0.05) is 60.1 Å². The predicted octanol–water partition coefficient (Wildman–Crippen LogP) is 5.78. The molecule has 2 heterocycles. The van der Waals surface area contributed by atoms with Crippen molar-refractivity contribution in [3.05, 3.63) is 106 Å². The molecular formula is C23H18ClN2OS2+. The molecular weight excluding hydrogens is 420 g/mol. The summed E-state index contributed by atoms with van der Waals surface area (Å²) < 4.78 is 2.98. The molecule has 0 fully saturated rings. The maximum atomic E-state index is 13.1. The average molecular weight is 438 g/mol. The number of nitrogens with two attached hydrogens (primary N) is 1. The lowest BCUT2D eigenvalue weighted by molar-refractivity contribution is -0.596. The number of benzene rings is 2. The number of hydrogen-bond acceptors (Lipinski definition) is 4. The first kappa shape index (κ1) is 19.7. The van der Waals surface area contributed by atoms with Crippen molar-refractivity contribution in [2.24, 2.45) is 0 Å². The lowest BCUT2D eigenvalue weighted by Gasteiger charge is -2.02. The zero-order chi connectivity index (χ0) is 20.2. The van der Waals surface area contributed by atoms with E-state index in [1.165, 1.54) is 11.3 Å². The Labute approximate surface area is 182 Å². The number of ketones is 1. The molecule has 2 aromatic carbocycles. The predicted molar refractivity (Wildman–Crippen MR) is 121 cm³/mol. The van der Waals surface area contributed by atoms with Crippen LogP contribution in [0.2, 0.25) is 5.02 Å². The summed E-state index contributed by atoms with van der Waals surface area (Å²) in [4.78, 5) is 13.6. The minimum atomic E-state index is -0.0516. The number of aromatic nitrogens is 1. The molecule has 0 unspecified atom stereocenters. The highest BCUT2D eigenvalue weighted by atomic mass is 35.5. The number of halogens is 1. The molecule has 0 spiro atoms. The van der Waals surface area contributed by atoms with Crippen molar-refractivity contribution in [2.45, 2.75) is 9.96 Å². The number of thioether (sulfide) groups is 1. The zero-order valence-corrected chi connectivity index (χ0v) is 17.8. The van der Waals surface area contributed by atoms with Crippen molar-refractivity contribution >= 4 is 46.2 Å². The Balaban J connectivity index is 1.72. The van der Waals surface area contributed by atoms with E-state index in [1.54, 1.807) is 11.8 Å². The van der Waals surface area contributed by atoms with Crippen molar-refractivity contribution in [3.8, 4) is 5.69 Å². The summed E-state index contributed by atoms with van der Waals surface area (Å²) in [6, 6.07) is 22.9. The van der Waals surface area contributed by atoms with Crippen LogP contribution in [0.4, 0.5) is 5.69 Å². The summed E-state index contributed by atoms with van der Waals surface area (Å²) in [5.74, 6) is 0.709. The minimum Gasteiger partial charge on any atom is -0.392 e. The molecule has 2 N–H and O–H groups in total. The van der Waals surface area contributed by atoms with Gasteiger partial charge in [0, 0.05) is 28.5 Å². The highest BCUT2D eigenvalue weighted by Gasteiger charge is 2.28. The van der Waals surface area contributed by atoms with Gasteiger partial charge in [0.15, 0.2) is 12.4 Å². The Morgan fingerprint density at radius 3 is 2.31 bits per heavy atom. The van der Waals surface area contributed by atoms with Crippen LogP contribution in [0.15, 0.2) is 89.4 Å². The number of thiophene rings is 1. The Hall–Kier alpha value is -2.60. The molecule has 0 aliphatic heterocycles. The Morgan fingerprint density at radius 2 is 1.62 bits per heavy atom. The van der Waals surface area contributed by atoms with E-state index >= 15 is 0 Å². The summed E-state index contributed by atoms with van der Waals surface area (Å²) in [5, 5.41) is 0.718. The molecule has 29 heavy (non-hydrogen) atoms. The Morgan fingerprint density at radius 1 is 0.966 bits per heavy atom. The van der Waals surface area contributed by atoms with Crippen LogP contribution in [0.1, 0.15) is 20.8 Å². The van der Waals surface area contributed by atoms with Crippen molar-refractivity contribution in [2.75, 3.05) is 5.73 Å². The molecule has 0 aliphatic rings. The van der Waals surface area contributed by atoms with Crippen molar-refractivity contribution in [1.29, 1.82) is 0 Å². The van der Waals surface area contributed by atoms with Gasteiger partial charge in [-0.25, -0.2) is 0 Å². The number of rotatable bonds is 6. The number of carbonyl (C=O) groups is 1. The van der Waals surface area contributed by atoms with Gasteiger partial charge >= 0.3 is 0 Å². The molecule has 0 aliphatic carbocycles. The van der Waals surface area contributed by atoms with E-state index < -0.39 is 0 Å². The summed E-state index contributed by atoms with van der Waals surface area (Å²) >= 11 is 9.11. The molecule has 0 bridgehead atoms. The first-order chi connectivity index (χ1) is 14.1. The van der Waals surface area contributed by atoms with Crippen LogP contribution >= 0.6 is 34.7 Å². The number of nitrogens with zero attached hydrogens (tertiary/aromatic N) is 1. The Bertz CT molecular complexity index is 1130. The molecule has 0 amide bonds. The van der Waals surface area contributed by atoms with Crippen molar-refractivity contribution in [3.63, 3.8) is 0 Å². The van der Waals surface area contributed by atoms with Gasteiger partial charge in [-0.2, -0.15) is 4.57 Å². The highest BCUT2D eigenvalue weighted by molar-refractivity contribution is 8.00. The minimum absolute atomic E-state index is 0.0516. The maximum Gasteiger partial charge on any atom is 0.259 e. The van der Waals surface area contributed by atoms with Gasteiger partial charge in [-0.3, -0.25) is 4.79 Å². The summed E-state index contributed by atoms with van der Waals surface area (Å²) in [6.07, 6.45) is 3.89. The third-order valence-electron chi connectivity index (χ3n) is 4.39. The fraction of sp³-hybridized carbons (Fsp3) is 0.0435. The molecule has 144 valence electrons. The van der Waals surface area contributed by atoms with Crippen LogP contribution in [0.5, 0.6) is 0 Å². The number of anilines is 1. The smallest absolute Gasteiger partial charge is 0.259 e. The van der Waals surface area contributed by atoms with E-state index in [0.717, 1.165) is 26.2 Å². The van der Waals surface area contributed by atoms with Gasteiger partial charge < -0.3 is 5.73 Å². The van der Waals surface area contributed by atoms with Crippen molar-refractivity contribution < 1.29 is 9.36 Å². The van der Waals surface area contributed by atoms with E-state index in [4.69, 9.17) is 17.3 Å². The molecule has 0 radical (unpaired) electrons. The van der Waals surface area contributed by atoms with E-state index in [9.17, 15) is 4.79 Å². The zero-order valence-electron chi connectivity index (χ0n) is 15.4. The van der Waals surface area contributed by atoms with Gasteiger partial charge in [0.2, 0.25) is 5.78 Å². The van der Waals surface area contributed by atoms with Gasteiger partial charge in [-0.15, -0.1) is 23.1 Å². The second kappa shape index (κ2) is 8.82. The van der Waals surface area contributed by atoms with Crippen LogP contribution in [0.25, 0.3) is 5.69 Å². The molecule has 4 rings (SSSR count). The van der Waals surface area contributed by atoms with E-state index in [0.29, 0.717) is 16.1 Å². The first-order valence-electron chi connectivity index (χ1n) is 8.99. The van der Waals surface area contributed by atoms with Crippen LogP contribution in [0.3, 0.4) is 0 Å². The van der Waals surface area contributed by atoms with Gasteiger partial charge in [0.1, 0.15) is 14.8 Å². The third-order valence-corrected chi connectivity index (χ3v) is 7.16. The van der Waals surface area contributed by atoms with Crippen molar-refractivity contribution in [1.82, 2.24) is 0 Å². The number of pyridine rings is 1. The lowest BCUT2D eigenvalue weighted by atomic mass is 10.1. The van der Waals surface area contributed by atoms with Gasteiger partial charge in [-0.05, 0) is 17.7 Å². The third kappa shape index (κ3) is 4.37. The summed E-state index contributed by atoms with van der Waals surface area (Å²) in [5.41, 5.74) is 9.67. The topological polar surface area (TPSA) is 47.0 Å². The second-order valence-electron chi connectivity index (χ2n) is 6.37.